The summed E-state index contributed by atoms with van der Waals surface area (Å²) in [6.45, 7) is 2.82. The Morgan fingerprint density at radius 1 is 1.32 bits per heavy atom. The fraction of sp³-hybridized carbons (Fsp3) is 0.500. The van der Waals surface area contributed by atoms with Crippen molar-refractivity contribution in [3.8, 4) is 6.07 Å². The van der Waals surface area contributed by atoms with E-state index in [1.807, 2.05) is 0 Å². The van der Waals surface area contributed by atoms with Gasteiger partial charge in [0.1, 0.15) is 17.9 Å². The zero-order valence-corrected chi connectivity index (χ0v) is 15.8. The highest BCUT2D eigenvalue weighted by Gasteiger charge is 2.31. The number of hydrazine groups is 1. The lowest BCUT2D eigenvalue weighted by Crippen LogP contribution is -2.60. The molecule has 2 heterocycles. The number of nitrogens with one attached hydrogen (secondary N) is 3. The van der Waals surface area contributed by atoms with Gasteiger partial charge in [-0.2, -0.15) is 5.26 Å². The average Bonchev–Trinajstić information content (AvgIpc) is 3.14. The second-order valence-corrected chi connectivity index (χ2v) is 6.94. The number of methoxy groups -OCH3 is 1. The predicted molar refractivity (Wildman–Crippen MR) is 98.4 cm³/mol. The second kappa shape index (κ2) is 8.62. The average molecular weight is 390 g/mol. The number of carbonyl (C=O) groups is 2. The lowest BCUT2D eigenvalue weighted by Gasteiger charge is -2.35. The summed E-state index contributed by atoms with van der Waals surface area (Å²) in [6, 6.07) is 3.16. The van der Waals surface area contributed by atoms with Gasteiger partial charge in [-0.1, -0.05) is 0 Å². The second-order valence-electron chi connectivity index (χ2n) is 6.94. The zero-order valence-electron chi connectivity index (χ0n) is 15.8. The number of carbonyl (C=O) groups excluding carboxylic acids is 2. The number of hydrogen-bond donors (Lipinski definition) is 3. The van der Waals surface area contributed by atoms with Crippen LogP contribution >= 0.6 is 0 Å². The first-order valence-electron chi connectivity index (χ1n) is 8.99. The SMILES string of the molecule is COC(=O)c1cc(C#N)c(F)cc1NC(=O)C1CCC(N2CCN(C)C2)NN1. The van der Waals surface area contributed by atoms with Crippen molar-refractivity contribution >= 4 is 17.6 Å². The van der Waals surface area contributed by atoms with Gasteiger partial charge in [-0.25, -0.2) is 20.0 Å². The number of likely N-dealkylation sites (N-methyl/N-ethyl adjacent to an activating group) is 1. The molecule has 0 radical (unpaired) electrons. The summed E-state index contributed by atoms with van der Waals surface area (Å²) in [6.07, 6.45) is 1.48. The molecule has 0 bridgehead atoms. The number of nitriles is 1. The molecule has 2 aliphatic heterocycles. The minimum Gasteiger partial charge on any atom is -0.465 e. The highest BCUT2D eigenvalue weighted by Crippen LogP contribution is 2.23. The first-order valence-corrected chi connectivity index (χ1v) is 8.99. The van der Waals surface area contributed by atoms with Gasteiger partial charge in [0.15, 0.2) is 0 Å². The lowest BCUT2D eigenvalue weighted by molar-refractivity contribution is -0.119. The first kappa shape index (κ1) is 20.2. The third-order valence-corrected chi connectivity index (χ3v) is 4.99. The van der Waals surface area contributed by atoms with Crippen molar-refractivity contribution in [1.29, 1.82) is 5.26 Å². The monoisotopic (exact) mass is 390 g/mol. The van der Waals surface area contributed by atoms with Gasteiger partial charge in [-0.3, -0.25) is 14.6 Å². The van der Waals surface area contributed by atoms with Gasteiger partial charge in [0.2, 0.25) is 5.91 Å². The number of hydrogen-bond acceptors (Lipinski definition) is 8. The van der Waals surface area contributed by atoms with Crippen molar-refractivity contribution in [1.82, 2.24) is 20.7 Å². The molecule has 3 N–H and O–H groups in total. The summed E-state index contributed by atoms with van der Waals surface area (Å²) in [4.78, 5) is 29.0. The molecule has 0 aliphatic carbocycles. The van der Waals surface area contributed by atoms with E-state index < -0.39 is 23.7 Å². The van der Waals surface area contributed by atoms with Crippen LogP contribution in [0.15, 0.2) is 12.1 Å². The summed E-state index contributed by atoms with van der Waals surface area (Å²) in [7, 11) is 3.23. The Balaban J connectivity index is 1.66. The van der Waals surface area contributed by atoms with E-state index in [1.165, 1.54) is 7.11 Å². The number of ether oxygens (including phenoxy) is 1. The molecule has 0 aromatic heterocycles. The highest BCUT2D eigenvalue weighted by atomic mass is 19.1. The highest BCUT2D eigenvalue weighted by molar-refractivity contribution is 6.03. The third kappa shape index (κ3) is 4.28. The van der Waals surface area contributed by atoms with Crippen molar-refractivity contribution in [2.45, 2.75) is 25.0 Å². The van der Waals surface area contributed by atoms with E-state index in [4.69, 9.17) is 5.26 Å². The molecule has 1 aromatic rings. The molecule has 9 nitrogen and oxygen atoms in total. The largest absolute Gasteiger partial charge is 0.465 e. The topological polar surface area (TPSA) is 110 Å². The van der Waals surface area contributed by atoms with Crippen LogP contribution < -0.4 is 16.2 Å². The van der Waals surface area contributed by atoms with Crippen LogP contribution in [0.5, 0.6) is 0 Å². The number of amides is 1. The molecule has 28 heavy (non-hydrogen) atoms. The maximum atomic E-state index is 14.0. The van der Waals surface area contributed by atoms with E-state index in [0.29, 0.717) is 6.42 Å². The van der Waals surface area contributed by atoms with Crippen molar-refractivity contribution < 1.29 is 18.7 Å². The van der Waals surface area contributed by atoms with Gasteiger partial charge in [0, 0.05) is 13.1 Å². The van der Waals surface area contributed by atoms with Crippen LogP contribution in [0.4, 0.5) is 10.1 Å². The molecule has 2 atom stereocenters. The Morgan fingerprint density at radius 3 is 2.68 bits per heavy atom. The molecule has 10 heteroatoms. The van der Waals surface area contributed by atoms with Crippen molar-refractivity contribution in [3.63, 3.8) is 0 Å². The summed E-state index contributed by atoms with van der Waals surface area (Å²) >= 11 is 0. The molecule has 0 saturated carbocycles. The third-order valence-electron chi connectivity index (χ3n) is 4.99. The van der Waals surface area contributed by atoms with E-state index in [1.54, 1.807) is 6.07 Å². The smallest absolute Gasteiger partial charge is 0.340 e. The maximum Gasteiger partial charge on any atom is 0.340 e. The lowest BCUT2D eigenvalue weighted by atomic mass is 10.1. The Morgan fingerprint density at radius 2 is 2.11 bits per heavy atom. The standard InChI is InChI=1S/C18H23FN6O3/c1-24-5-6-25(10-24)16-4-3-14(22-23-16)17(26)21-15-8-13(19)11(9-20)7-12(15)18(27)28-2/h7-8,14,16,22-23H,3-6,10H2,1-2H3,(H,21,26). The first-order chi connectivity index (χ1) is 13.4. The van der Waals surface area contributed by atoms with E-state index in [-0.39, 0.29) is 23.0 Å². The molecular weight excluding hydrogens is 367 g/mol. The molecule has 150 valence electrons. The zero-order chi connectivity index (χ0) is 20.3. The number of halogens is 1. The number of benzene rings is 1. The van der Waals surface area contributed by atoms with E-state index in [2.05, 4.69) is 37.8 Å². The summed E-state index contributed by atoms with van der Waals surface area (Å²) in [5.74, 6) is -1.99. The van der Waals surface area contributed by atoms with Crippen LogP contribution in [0.1, 0.15) is 28.8 Å². The van der Waals surface area contributed by atoms with Gasteiger partial charge in [-0.15, -0.1) is 0 Å². The summed E-state index contributed by atoms with van der Waals surface area (Å²) < 4.78 is 18.6. The Labute approximate surface area is 162 Å². The van der Waals surface area contributed by atoms with E-state index in [9.17, 15) is 14.0 Å². The number of nitrogens with zero attached hydrogens (tertiary/aromatic N) is 3. The molecule has 1 aromatic carbocycles. The van der Waals surface area contributed by atoms with E-state index in [0.717, 1.165) is 38.3 Å². The Hall–Kier alpha value is -2.58. The van der Waals surface area contributed by atoms with Gasteiger partial charge in [0.25, 0.3) is 0 Å². The Kier molecular flexibility index (Phi) is 6.21. The molecule has 3 rings (SSSR count). The normalized spacial score (nSPS) is 23.2. The molecule has 2 saturated heterocycles. The quantitative estimate of drug-likeness (QED) is 0.626. The number of rotatable bonds is 4. The minimum absolute atomic E-state index is 0.0292. The molecule has 2 aliphatic rings. The van der Waals surface area contributed by atoms with Crippen LogP contribution in [0.3, 0.4) is 0 Å². The van der Waals surface area contributed by atoms with Crippen LogP contribution in [0.25, 0.3) is 0 Å². The van der Waals surface area contributed by atoms with Gasteiger partial charge in [-0.05, 0) is 32.0 Å². The van der Waals surface area contributed by atoms with Crippen LogP contribution in [-0.2, 0) is 9.53 Å². The molecular formula is C18H23FN6O3. The fourth-order valence-electron chi connectivity index (χ4n) is 3.40. The molecule has 0 spiro atoms. The number of anilines is 1. The van der Waals surface area contributed by atoms with Crippen LogP contribution in [0, 0.1) is 17.1 Å². The molecule has 2 fully saturated rings. The fourth-order valence-corrected chi connectivity index (χ4v) is 3.40. The van der Waals surface area contributed by atoms with Crippen molar-refractivity contribution in [2.75, 3.05) is 39.2 Å². The van der Waals surface area contributed by atoms with Crippen LogP contribution in [0.2, 0.25) is 0 Å². The summed E-state index contributed by atoms with van der Waals surface area (Å²) in [5, 5.41) is 11.5. The van der Waals surface area contributed by atoms with Gasteiger partial charge >= 0.3 is 5.97 Å². The molecule has 1 amide bonds. The van der Waals surface area contributed by atoms with Crippen molar-refractivity contribution in [3.05, 3.63) is 29.1 Å². The van der Waals surface area contributed by atoms with Gasteiger partial charge < -0.3 is 10.1 Å². The van der Waals surface area contributed by atoms with Gasteiger partial charge in [0.05, 0.1) is 36.8 Å². The van der Waals surface area contributed by atoms with E-state index >= 15 is 0 Å². The maximum absolute atomic E-state index is 14.0. The van der Waals surface area contributed by atoms with Crippen molar-refractivity contribution in [2.24, 2.45) is 0 Å². The summed E-state index contributed by atoms with van der Waals surface area (Å²) in [5.41, 5.74) is 5.75. The number of esters is 1. The Bertz CT molecular complexity index is 803. The van der Waals surface area contributed by atoms with Crippen LogP contribution in [-0.4, -0.2) is 67.8 Å². The predicted octanol–water partition coefficient (Wildman–Crippen LogP) is 0.210. The molecule has 2 unspecified atom stereocenters. The minimum atomic E-state index is -0.821.